The summed E-state index contributed by atoms with van der Waals surface area (Å²) in [6.45, 7) is 5.89. The molecule has 1 unspecified atom stereocenters. The van der Waals surface area contributed by atoms with Crippen molar-refractivity contribution in [1.29, 1.82) is 0 Å². The van der Waals surface area contributed by atoms with Crippen LogP contribution in [0.3, 0.4) is 0 Å². The average Bonchev–Trinajstić information content (AvgIpc) is 2.25. The monoisotopic (exact) mass is 221 g/mol. The molecule has 3 N–H and O–H groups in total. The molecule has 0 aliphatic rings. The van der Waals surface area contributed by atoms with Gasteiger partial charge >= 0.3 is 5.97 Å². The highest BCUT2D eigenvalue weighted by atomic mass is 16.5. The van der Waals surface area contributed by atoms with E-state index in [0.29, 0.717) is 17.9 Å². The molecular formula is C12H15NO3. The minimum absolute atomic E-state index is 0.351. The van der Waals surface area contributed by atoms with E-state index >= 15 is 0 Å². The lowest BCUT2D eigenvalue weighted by Gasteiger charge is -2.13. The van der Waals surface area contributed by atoms with E-state index in [-0.39, 0.29) is 0 Å². The Hall–Kier alpha value is -1.81. The van der Waals surface area contributed by atoms with Crippen molar-refractivity contribution in [3.63, 3.8) is 0 Å². The molecule has 0 aromatic heterocycles. The van der Waals surface area contributed by atoms with Gasteiger partial charge in [-0.2, -0.15) is 0 Å². The second kappa shape index (κ2) is 5.32. The highest BCUT2D eigenvalue weighted by molar-refractivity contribution is 5.76. The highest BCUT2D eigenvalue weighted by Gasteiger charge is 2.18. The van der Waals surface area contributed by atoms with Crippen LogP contribution >= 0.6 is 0 Å². The summed E-state index contributed by atoms with van der Waals surface area (Å²) in [6, 6.07) is 5.77. The standard InChI is InChI=1S/C12H15NO3/c1-8(2)7-16-10-6-4-3-5-9(10)11(13)12(14)15/h3-6,11H,1,7,13H2,2H3,(H,14,15). The SMILES string of the molecule is C=C(C)COc1ccccc1C(N)C(=O)O. The van der Waals surface area contributed by atoms with E-state index in [1.807, 2.05) is 6.92 Å². The first-order valence-electron chi connectivity index (χ1n) is 4.87. The van der Waals surface area contributed by atoms with E-state index < -0.39 is 12.0 Å². The van der Waals surface area contributed by atoms with Crippen molar-refractivity contribution in [2.24, 2.45) is 5.73 Å². The zero-order valence-electron chi connectivity index (χ0n) is 9.14. The summed E-state index contributed by atoms with van der Waals surface area (Å²) < 4.78 is 5.43. The van der Waals surface area contributed by atoms with Crippen LogP contribution in [0.2, 0.25) is 0 Å². The van der Waals surface area contributed by atoms with Gasteiger partial charge in [0.05, 0.1) is 0 Å². The zero-order chi connectivity index (χ0) is 12.1. The molecule has 1 rings (SSSR count). The van der Waals surface area contributed by atoms with Crippen LogP contribution in [0.5, 0.6) is 5.75 Å². The minimum Gasteiger partial charge on any atom is -0.489 e. The van der Waals surface area contributed by atoms with Gasteiger partial charge in [-0.25, -0.2) is 0 Å². The molecule has 1 atom stereocenters. The fourth-order valence-electron chi connectivity index (χ4n) is 1.20. The van der Waals surface area contributed by atoms with Gasteiger partial charge in [0, 0.05) is 5.56 Å². The Kier molecular flexibility index (Phi) is 4.08. The lowest BCUT2D eigenvalue weighted by Crippen LogP contribution is -2.21. The number of para-hydroxylation sites is 1. The molecule has 0 aliphatic heterocycles. The Morgan fingerprint density at radius 3 is 2.75 bits per heavy atom. The highest BCUT2D eigenvalue weighted by Crippen LogP contribution is 2.24. The Morgan fingerprint density at radius 2 is 2.19 bits per heavy atom. The van der Waals surface area contributed by atoms with Crippen LogP contribution in [-0.2, 0) is 4.79 Å². The van der Waals surface area contributed by atoms with Gasteiger partial charge in [-0.05, 0) is 18.6 Å². The number of hydrogen-bond donors (Lipinski definition) is 2. The van der Waals surface area contributed by atoms with Crippen LogP contribution in [0.1, 0.15) is 18.5 Å². The molecule has 0 radical (unpaired) electrons. The predicted octanol–water partition coefficient (Wildman–Crippen LogP) is 1.73. The molecule has 16 heavy (non-hydrogen) atoms. The van der Waals surface area contributed by atoms with Gasteiger partial charge in [0.15, 0.2) is 0 Å². The molecule has 86 valence electrons. The van der Waals surface area contributed by atoms with Crippen LogP contribution in [0.15, 0.2) is 36.4 Å². The zero-order valence-corrected chi connectivity index (χ0v) is 9.14. The summed E-state index contributed by atoms with van der Waals surface area (Å²) in [5, 5.41) is 8.84. The van der Waals surface area contributed by atoms with Gasteiger partial charge in [-0.3, -0.25) is 4.79 Å². The van der Waals surface area contributed by atoms with Gasteiger partial charge in [-0.1, -0.05) is 24.8 Å². The Balaban J connectivity index is 2.91. The lowest BCUT2D eigenvalue weighted by molar-refractivity contribution is -0.138. The largest absolute Gasteiger partial charge is 0.489 e. The topological polar surface area (TPSA) is 72.5 Å². The van der Waals surface area contributed by atoms with Crippen LogP contribution in [0.4, 0.5) is 0 Å². The van der Waals surface area contributed by atoms with Crippen LogP contribution in [0, 0.1) is 0 Å². The number of ether oxygens (including phenoxy) is 1. The smallest absolute Gasteiger partial charge is 0.325 e. The summed E-state index contributed by atoms with van der Waals surface area (Å²) in [5.41, 5.74) is 6.87. The Bertz CT molecular complexity index is 401. The van der Waals surface area contributed by atoms with Gasteiger partial charge in [0.2, 0.25) is 0 Å². The number of nitrogens with two attached hydrogens (primary N) is 1. The maximum Gasteiger partial charge on any atom is 0.325 e. The molecule has 0 bridgehead atoms. The second-order valence-corrected chi connectivity index (χ2v) is 3.60. The maximum atomic E-state index is 10.8. The molecule has 4 nitrogen and oxygen atoms in total. The van der Waals surface area contributed by atoms with E-state index in [1.54, 1.807) is 24.3 Å². The third-order valence-electron chi connectivity index (χ3n) is 1.99. The molecule has 0 fully saturated rings. The first kappa shape index (κ1) is 12.3. The predicted molar refractivity (Wildman–Crippen MR) is 61.3 cm³/mol. The Morgan fingerprint density at radius 1 is 1.56 bits per heavy atom. The molecule has 0 spiro atoms. The fraction of sp³-hybridized carbons (Fsp3) is 0.250. The van der Waals surface area contributed by atoms with Crippen molar-refractivity contribution in [3.05, 3.63) is 42.0 Å². The van der Waals surface area contributed by atoms with Crippen molar-refractivity contribution in [2.75, 3.05) is 6.61 Å². The molecule has 0 saturated heterocycles. The van der Waals surface area contributed by atoms with E-state index in [9.17, 15) is 4.79 Å². The lowest BCUT2D eigenvalue weighted by atomic mass is 10.1. The number of carboxylic acid groups (broad SMARTS) is 1. The number of carboxylic acids is 1. The van der Waals surface area contributed by atoms with E-state index in [4.69, 9.17) is 15.6 Å². The molecule has 1 aromatic carbocycles. The molecule has 0 aliphatic carbocycles. The summed E-state index contributed by atoms with van der Waals surface area (Å²) in [5.74, 6) is -0.591. The number of aliphatic carboxylic acids is 1. The third-order valence-corrected chi connectivity index (χ3v) is 1.99. The Labute approximate surface area is 94.3 Å². The van der Waals surface area contributed by atoms with E-state index in [2.05, 4.69) is 6.58 Å². The van der Waals surface area contributed by atoms with Gasteiger partial charge in [0.25, 0.3) is 0 Å². The molecule has 0 amide bonds. The van der Waals surface area contributed by atoms with Gasteiger partial charge in [0.1, 0.15) is 18.4 Å². The van der Waals surface area contributed by atoms with Gasteiger partial charge < -0.3 is 15.6 Å². The van der Waals surface area contributed by atoms with Crippen molar-refractivity contribution >= 4 is 5.97 Å². The summed E-state index contributed by atoms with van der Waals surface area (Å²) in [7, 11) is 0. The summed E-state index contributed by atoms with van der Waals surface area (Å²) >= 11 is 0. The van der Waals surface area contributed by atoms with Crippen LogP contribution < -0.4 is 10.5 Å². The van der Waals surface area contributed by atoms with Crippen molar-refractivity contribution < 1.29 is 14.6 Å². The fourth-order valence-corrected chi connectivity index (χ4v) is 1.20. The maximum absolute atomic E-state index is 10.8. The normalized spacial score (nSPS) is 11.9. The van der Waals surface area contributed by atoms with Crippen molar-refractivity contribution in [2.45, 2.75) is 13.0 Å². The number of hydrogen-bond acceptors (Lipinski definition) is 3. The summed E-state index contributed by atoms with van der Waals surface area (Å²) in [4.78, 5) is 10.8. The van der Waals surface area contributed by atoms with E-state index in [0.717, 1.165) is 5.57 Å². The minimum atomic E-state index is -1.08. The van der Waals surface area contributed by atoms with Gasteiger partial charge in [-0.15, -0.1) is 0 Å². The number of benzene rings is 1. The molecule has 0 heterocycles. The quantitative estimate of drug-likeness (QED) is 0.742. The van der Waals surface area contributed by atoms with E-state index in [1.165, 1.54) is 0 Å². The first-order valence-corrected chi connectivity index (χ1v) is 4.87. The summed E-state index contributed by atoms with van der Waals surface area (Å²) in [6.07, 6.45) is 0. The van der Waals surface area contributed by atoms with Crippen molar-refractivity contribution in [1.82, 2.24) is 0 Å². The number of rotatable bonds is 5. The molecule has 4 heteroatoms. The second-order valence-electron chi connectivity index (χ2n) is 3.60. The molecular weight excluding hydrogens is 206 g/mol. The molecule has 1 aromatic rings. The number of carbonyl (C=O) groups is 1. The third kappa shape index (κ3) is 3.10. The van der Waals surface area contributed by atoms with Crippen LogP contribution in [0.25, 0.3) is 0 Å². The average molecular weight is 221 g/mol. The van der Waals surface area contributed by atoms with Crippen LogP contribution in [-0.4, -0.2) is 17.7 Å². The first-order chi connectivity index (χ1) is 7.52. The molecule has 0 saturated carbocycles. The van der Waals surface area contributed by atoms with Crippen molar-refractivity contribution in [3.8, 4) is 5.75 Å².